The van der Waals surface area contributed by atoms with Crippen LogP contribution in [0.2, 0.25) is 0 Å². The van der Waals surface area contributed by atoms with Gasteiger partial charge in [0.2, 0.25) is 0 Å². The summed E-state index contributed by atoms with van der Waals surface area (Å²) < 4.78 is 0. The van der Waals surface area contributed by atoms with Gasteiger partial charge in [-0.15, -0.1) is 0 Å². The molecule has 1 saturated carbocycles. The summed E-state index contributed by atoms with van der Waals surface area (Å²) in [6.45, 7) is 0. The van der Waals surface area contributed by atoms with E-state index in [-0.39, 0.29) is 5.78 Å². The summed E-state index contributed by atoms with van der Waals surface area (Å²) in [4.78, 5) is 16.5. The van der Waals surface area contributed by atoms with E-state index in [0.717, 1.165) is 29.7 Å². The molecular weight excluding hydrogens is 246 g/mol. The number of Topliss-reactive ketones (excluding diaryl/α,β-unsaturated/α-hetero) is 1. The smallest absolute Gasteiger partial charge is 0.158 e. The van der Waals surface area contributed by atoms with Gasteiger partial charge in [0.25, 0.3) is 0 Å². The van der Waals surface area contributed by atoms with Crippen molar-refractivity contribution in [2.24, 2.45) is 0 Å². The van der Waals surface area contributed by atoms with Gasteiger partial charge in [0, 0.05) is 24.2 Å². The van der Waals surface area contributed by atoms with E-state index in [1.54, 1.807) is 0 Å². The third-order valence-corrected chi connectivity index (χ3v) is 3.79. The van der Waals surface area contributed by atoms with Crippen molar-refractivity contribution < 1.29 is 4.79 Å². The van der Waals surface area contributed by atoms with Crippen molar-refractivity contribution in [2.75, 3.05) is 0 Å². The zero-order valence-electron chi connectivity index (χ0n) is 11.3. The lowest BCUT2D eigenvalue weighted by molar-refractivity contribution is -0.116. The first kappa shape index (κ1) is 12.8. The molecule has 0 N–H and O–H groups in total. The number of rotatable bonds is 2. The van der Waals surface area contributed by atoms with Crippen LogP contribution in [-0.4, -0.2) is 10.8 Å². The first-order valence-electron chi connectivity index (χ1n) is 7.02. The van der Waals surface area contributed by atoms with E-state index in [2.05, 4.69) is 11.1 Å². The van der Waals surface area contributed by atoms with Crippen molar-refractivity contribution >= 4 is 11.9 Å². The van der Waals surface area contributed by atoms with E-state index in [4.69, 9.17) is 0 Å². The Kier molecular flexibility index (Phi) is 3.73. The monoisotopic (exact) mass is 263 g/mol. The Labute approximate surface area is 119 Å². The summed E-state index contributed by atoms with van der Waals surface area (Å²) >= 11 is 0. The number of hydrogen-bond acceptors (Lipinski definition) is 2. The molecule has 1 aliphatic rings. The average Bonchev–Trinajstić information content (AvgIpc) is 2.51. The van der Waals surface area contributed by atoms with Crippen LogP contribution in [0.1, 0.15) is 36.4 Å². The Morgan fingerprint density at radius 2 is 1.85 bits per heavy atom. The highest BCUT2D eigenvalue weighted by Crippen LogP contribution is 2.33. The molecule has 0 radical (unpaired) electrons. The summed E-state index contributed by atoms with van der Waals surface area (Å²) in [5.74, 6) is 0.643. The number of nitrogens with zero attached hydrogens (tertiary/aromatic N) is 1. The minimum atomic E-state index is 0.279. The molecular formula is C18H17NO. The summed E-state index contributed by atoms with van der Waals surface area (Å²) in [6, 6.07) is 16.0. The first-order valence-corrected chi connectivity index (χ1v) is 7.02. The van der Waals surface area contributed by atoms with Crippen molar-refractivity contribution in [1.29, 1.82) is 0 Å². The SMILES string of the molecule is O=C1CCC(c2ccccn2)C/C1=C/c1ccccc1. The molecule has 1 aromatic heterocycles. The molecule has 1 fully saturated rings. The Morgan fingerprint density at radius 1 is 1.05 bits per heavy atom. The van der Waals surface area contributed by atoms with Gasteiger partial charge >= 0.3 is 0 Å². The largest absolute Gasteiger partial charge is 0.295 e. The summed E-state index contributed by atoms with van der Waals surface area (Å²) in [6.07, 6.45) is 6.18. The van der Waals surface area contributed by atoms with E-state index in [1.165, 1.54) is 0 Å². The number of carbonyl (C=O) groups is 1. The van der Waals surface area contributed by atoms with Crippen molar-refractivity contribution in [3.05, 3.63) is 71.6 Å². The van der Waals surface area contributed by atoms with Crippen LogP contribution in [0.5, 0.6) is 0 Å². The summed E-state index contributed by atoms with van der Waals surface area (Å²) in [5, 5.41) is 0. The lowest BCUT2D eigenvalue weighted by Gasteiger charge is -2.22. The van der Waals surface area contributed by atoms with Crippen LogP contribution in [0.4, 0.5) is 0 Å². The van der Waals surface area contributed by atoms with Gasteiger partial charge in [-0.05, 0) is 42.2 Å². The van der Waals surface area contributed by atoms with Gasteiger partial charge in [-0.1, -0.05) is 36.4 Å². The zero-order chi connectivity index (χ0) is 13.8. The van der Waals surface area contributed by atoms with Crippen LogP contribution in [0.25, 0.3) is 6.08 Å². The van der Waals surface area contributed by atoms with E-state index < -0.39 is 0 Å². The van der Waals surface area contributed by atoms with E-state index >= 15 is 0 Å². The number of ketones is 1. The van der Waals surface area contributed by atoms with Gasteiger partial charge in [0.15, 0.2) is 5.78 Å². The second-order valence-electron chi connectivity index (χ2n) is 5.20. The average molecular weight is 263 g/mol. The molecule has 0 aliphatic heterocycles. The molecule has 20 heavy (non-hydrogen) atoms. The van der Waals surface area contributed by atoms with Crippen LogP contribution in [0.15, 0.2) is 60.3 Å². The fourth-order valence-electron chi connectivity index (χ4n) is 2.71. The van der Waals surface area contributed by atoms with Gasteiger partial charge < -0.3 is 0 Å². The normalized spacial score (nSPS) is 21.1. The van der Waals surface area contributed by atoms with Gasteiger partial charge in [0.05, 0.1) is 0 Å². The molecule has 1 heterocycles. The maximum atomic E-state index is 12.1. The third kappa shape index (κ3) is 2.85. The zero-order valence-corrected chi connectivity index (χ0v) is 11.3. The molecule has 1 atom stereocenters. The minimum Gasteiger partial charge on any atom is -0.295 e. The standard InChI is InChI=1S/C18H17NO/c20-18-10-9-15(17-8-4-5-11-19-17)13-16(18)12-14-6-2-1-3-7-14/h1-8,11-12,15H,9-10,13H2/b16-12-. The summed E-state index contributed by atoms with van der Waals surface area (Å²) in [7, 11) is 0. The highest BCUT2D eigenvalue weighted by molar-refractivity contribution is 6.00. The van der Waals surface area contributed by atoms with E-state index in [1.807, 2.05) is 54.7 Å². The van der Waals surface area contributed by atoms with Gasteiger partial charge in [-0.3, -0.25) is 9.78 Å². The lowest BCUT2D eigenvalue weighted by atomic mass is 9.82. The number of benzene rings is 1. The highest BCUT2D eigenvalue weighted by Gasteiger charge is 2.25. The van der Waals surface area contributed by atoms with E-state index in [0.29, 0.717) is 12.3 Å². The van der Waals surface area contributed by atoms with Crippen LogP contribution in [0.3, 0.4) is 0 Å². The van der Waals surface area contributed by atoms with Gasteiger partial charge in [0.1, 0.15) is 0 Å². The Hall–Kier alpha value is -2.22. The molecule has 0 spiro atoms. The number of hydrogen-bond donors (Lipinski definition) is 0. The molecule has 0 bridgehead atoms. The second kappa shape index (κ2) is 5.83. The molecule has 1 aliphatic carbocycles. The van der Waals surface area contributed by atoms with Crippen molar-refractivity contribution in [1.82, 2.24) is 4.98 Å². The highest BCUT2D eigenvalue weighted by atomic mass is 16.1. The molecule has 2 aromatic rings. The van der Waals surface area contributed by atoms with Crippen LogP contribution >= 0.6 is 0 Å². The summed E-state index contributed by atoms with van der Waals surface area (Å²) in [5.41, 5.74) is 3.12. The third-order valence-electron chi connectivity index (χ3n) is 3.79. The molecule has 100 valence electrons. The molecule has 2 nitrogen and oxygen atoms in total. The molecule has 1 unspecified atom stereocenters. The van der Waals surface area contributed by atoms with Crippen molar-refractivity contribution in [3.63, 3.8) is 0 Å². The first-order chi connectivity index (χ1) is 9.83. The van der Waals surface area contributed by atoms with Crippen LogP contribution in [0, 0.1) is 0 Å². The Balaban J connectivity index is 1.84. The molecule has 0 saturated heterocycles. The quantitative estimate of drug-likeness (QED) is 0.766. The maximum Gasteiger partial charge on any atom is 0.158 e. The Morgan fingerprint density at radius 3 is 2.60 bits per heavy atom. The van der Waals surface area contributed by atoms with Crippen molar-refractivity contribution in [2.45, 2.75) is 25.2 Å². The number of allylic oxidation sites excluding steroid dienone is 1. The van der Waals surface area contributed by atoms with Gasteiger partial charge in [-0.25, -0.2) is 0 Å². The fourth-order valence-corrected chi connectivity index (χ4v) is 2.71. The van der Waals surface area contributed by atoms with Crippen LogP contribution < -0.4 is 0 Å². The van der Waals surface area contributed by atoms with Crippen molar-refractivity contribution in [3.8, 4) is 0 Å². The number of carbonyl (C=O) groups excluding carboxylic acids is 1. The maximum absolute atomic E-state index is 12.1. The number of aromatic nitrogens is 1. The number of pyridine rings is 1. The second-order valence-corrected chi connectivity index (χ2v) is 5.20. The molecule has 2 heteroatoms. The van der Waals surface area contributed by atoms with E-state index in [9.17, 15) is 4.79 Å². The molecule has 1 aromatic carbocycles. The lowest BCUT2D eigenvalue weighted by Crippen LogP contribution is -2.16. The molecule has 3 rings (SSSR count). The fraction of sp³-hybridized carbons (Fsp3) is 0.222. The van der Waals surface area contributed by atoms with Gasteiger partial charge in [-0.2, -0.15) is 0 Å². The topological polar surface area (TPSA) is 30.0 Å². The van der Waals surface area contributed by atoms with Crippen LogP contribution in [-0.2, 0) is 4.79 Å². The molecule has 0 amide bonds. The Bertz CT molecular complexity index is 616. The minimum absolute atomic E-state index is 0.279. The predicted octanol–water partition coefficient (Wildman–Crippen LogP) is 4.00. The predicted molar refractivity (Wildman–Crippen MR) is 80.3 cm³/mol.